The van der Waals surface area contributed by atoms with Gasteiger partial charge in [0.25, 0.3) is 0 Å². The van der Waals surface area contributed by atoms with Gasteiger partial charge in [0.1, 0.15) is 5.75 Å². The molecule has 1 aromatic heterocycles. The summed E-state index contributed by atoms with van der Waals surface area (Å²) in [4.78, 5) is 12.5. The van der Waals surface area contributed by atoms with Crippen LogP contribution in [-0.4, -0.2) is 26.4 Å². The second-order valence-corrected chi connectivity index (χ2v) is 8.92. The number of nitrogens with one attached hydrogen (secondary N) is 1. The Morgan fingerprint density at radius 1 is 1.12 bits per heavy atom. The fourth-order valence-corrected chi connectivity index (χ4v) is 4.31. The smallest absolute Gasteiger partial charge is 0.234 e. The third kappa shape index (κ3) is 6.01. The fraction of sp³-hybridized carbons (Fsp3) is 0.320. The number of carbonyl (C=O) groups is 1. The highest BCUT2D eigenvalue weighted by Gasteiger charge is 2.20. The van der Waals surface area contributed by atoms with Gasteiger partial charge in [0.05, 0.1) is 5.75 Å². The van der Waals surface area contributed by atoms with Gasteiger partial charge >= 0.3 is 0 Å². The van der Waals surface area contributed by atoms with Gasteiger partial charge in [-0.05, 0) is 69.5 Å². The maximum atomic E-state index is 12.5. The topological polar surface area (TPSA) is 69.0 Å². The maximum absolute atomic E-state index is 12.5. The van der Waals surface area contributed by atoms with E-state index in [1.807, 2.05) is 56.5 Å². The molecule has 1 amide bonds. The highest BCUT2D eigenvalue weighted by Crippen LogP contribution is 2.27. The lowest BCUT2D eigenvalue weighted by Gasteiger charge is -2.17. The van der Waals surface area contributed by atoms with Crippen molar-refractivity contribution in [2.75, 3.05) is 11.1 Å². The largest absolute Gasteiger partial charge is 0.482 e. The van der Waals surface area contributed by atoms with Gasteiger partial charge in [-0.15, -0.1) is 16.8 Å². The lowest BCUT2D eigenvalue weighted by atomic mass is 10.1. The lowest BCUT2D eigenvalue weighted by molar-refractivity contribution is -0.113. The van der Waals surface area contributed by atoms with Crippen LogP contribution in [0.25, 0.3) is 0 Å². The van der Waals surface area contributed by atoms with Gasteiger partial charge in [0.15, 0.2) is 17.1 Å². The molecule has 1 unspecified atom stereocenters. The van der Waals surface area contributed by atoms with Crippen molar-refractivity contribution in [3.8, 4) is 5.75 Å². The zero-order valence-electron chi connectivity index (χ0n) is 19.3. The number of carbonyl (C=O) groups excluding carboxylic acids is 1. The van der Waals surface area contributed by atoms with E-state index in [-0.39, 0.29) is 17.8 Å². The van der Waals surface area contributed by atoms with Gasteiger partial charge in [-0.2, -0.15) is 0 Å². The van der Waals surface area contributed by atoms with Gasteiger partial charge < -0.3 is 10.1 Å². The first-order valence-electron chi connectivity index (χ1n) is 10.6. The summed E-state index contributed by atoms with van der Waals surface area (Å²) >= 11 is 1.35. The number of hydrogen-bond acceptors (Lipinski definition) is 5. The molecule has 1 heterocycles. The van der Waals surface area contributed by atoms with Crippen LogP contribution in [-0.2, 0) is 11.3 Å². The number of amides is 1. The van der Waals surface area contributed by atoms with Crippen molar-refractivity contribution in [1.29, 1.82) is 0 Å². The van der Waals surface area contributed by atoms with Crippen molar-refractivity contribution in [3.63, 3.8) is 0 Å². The van der Waals surface area contributed by atoms with E-state index in [9.17, 15) is 4.79 Å². The van der Waals surface area contributed by atoms with E-state index >= 15 is 0 Å². The number of anilines is 1. The quantitative estimate of drug-likeness (QED) is 0.341. The highest BCUT2D eigenvalue weighted by molar-refractivity contribution is 7.99. The molecule has 7 heteroatoms. The Balaban J connectivity index is 1.69. The molecule has 3 aromatic rings. The first-order valence-corrected chi connectivity index (χ1v) is 11.5. The van der Waals surface area contributed by atoms with Crippen molar-refractivity contribution in [2.24, 2.45) is 0 Å². The third-order valence-corrected chi connectivity index (χ3v) is 5.86. The van der Waals surface area contributed by atoms with E-state index in [0.717, 1.165) is 28.1 Å². The maximum Gasteiger partial charge on any atom is 0.234 e. The van der Waals surface area contributed by atoms with Crippen LogP contribution in [0, 0.1) is 27.7 Å². The first-order chi connectivity index (χ1) is 15.3. The SMILES string of the molecule is C=CCn1c(SCC(=O)Nc2cc(C)cc(C)c2)nnc1C(C)Oc1ccc(C)cc1C. The third-order valence-electron chi connectivity index (χ3n) is 4.89. The van der Waals surface area contributed by atoms with Crippen molar-refractivity contribution in [2.45, 2.75) is 52.4 Å². The van der Waals surface area contributed by atoms with Crippen LogP contribution in [0.3, 0.4) is 0 Å². The number of ether oxygens (including phenoxy) is 1. The Morgan fingerprint density at radius 2 is 1.84 bits per heavy atom. The van der Waals surface area contributed by atoms with Crippen molar-refractivity contribution >= 4 is 23.4 Å². The number of aromatic nitrogens is 3. The number of benzene rings is 2. The summed E-state index contributed by atoms with van der Waals surface area (Å²) in [7, 11) is 0. The lowest BCUT2D eigenvalue weighted by Crippen LogP contribution is -2.16. The Kier molecular flexibility index (Phi) is 7.75. The van der Waals surface area contributed by atoms with E-state index in [1.54, 1.807) is 6.08 Å². The first kappa shape index (κ1) is 23.6. The van der Waals surface area contributed by atoms with Gasteiger partial charge in [0, 0.05) is 12.2 Å². The molecule has 6 nitrogen and oxygen atoms in total. The fourth-order valence-electron chi connectivity index (χ4n) is 3.56. The standard InChI is InChI=1S/C25H30N4O2S/c1-7-10-29-24(20(6)31-22-9-8-16(2)12-19(22)5)27-28-25(29)32-15-23(30)26-21-13-17(3)11-18(4)14-21/h7-9,11-14,20H,1,10,15H2,2-6H3,(H,26,30). The molecule has 1 atom stereocenters. The molecule has 0 saturated carbocycles. The van der Waals surface area contributed by atoms with Crippen molar-refractivity contribution in [1.82, 2.24) is 14.8 Å². The molecule has 32 heavy (non-hydrogen) atoms. The van der Waals surface area contributed by atoms with Crippen LogP contribution in [0.2, 0.25) is 0 Å². The number of thioether (sulfide) groups is 1. The number of allylic oxidation sites excluding steroid dienone is 1. The minimum Gasteiger partial charge on any atom is -0.482 e. The predicted octanol–water partition coefficient (Wildman–Crippen LogP) is 5.57. The summed E-state index contributed by atoms with van der Waals surface area (Å²) in [5.41, 5.74) is 5.29. The number of nitrogens with zero attached hydrogens (tertiary/aromatic N) is 3. The molecule has 3 rings (SSSR count). The zero-order chi connectivity index (χ0) is 23.3. The summed E-state index contributed by atoms with van der Waals surface area (Å²) in [6, 6.07) is 12.1. The molecule has 0 saturated heterocycles. The van der Waals surface area contributed by atoms with Gasteiger partial charge in [-0.25, -0.2) is 0 Å². The number of aryl methyl sites for hydroxylation is 4. The van der Waals surface area contributed by atoms with E-state index in [2.05, 4.69) is 41.1 Å². The Morgan fingerprint density at radius 3 is 2.50 bits per heavy atom. The molecule has 0 spiro atoms. The zero-order valence-corrected chi connectivity index (χ0v) is 20.1. The Hall–Kier alpha value is -3.06. The van der Waals surface area contributed by atoms with Crippen LogP contribution >= 0.6 is 11.8 Å². The van der Waals surface area contributed by atoms with Crippen LogP contribution in [0.5, 0.6) is 5.75 Å². The summed E-state index contributed by atoms with van der Waals surface area (Å²) in [6.07, 6.45) is 1.48. The van der Waals surface area contributed by atoms with Gasteiger partial charge in [-0.3, -0.25) is 9.36 Å². The Bertz CT molecular complexity index is 1100. The van der Waals surface area contributed by atoms with E-state index in [4.69, 9.17) is 4.74 Å². The van der Waals surface area contributed by atoms with Crippen molar-refractivity contribution in [3.05, 3.63) is 77.1 Å². The van der Waals surface area contributed by atoms with Crippen LogP contribution in [0.15, 0.2) is 54.2 Å². The van der Waals surface area contributed by atoms with E-state index in [0.29, 0.717) is 17.5 Å². The minimum absolute atomic E-state index is 0.0886. The number of rotatable bonds is 9. The molecule has 1 N–H and O–H groups in total. The number of hydrogen-bond donors (Lipinski definition) is 1. The molecule has 0 aliphatic carbocycles. The van der Waals surface area contributed by atoms with Gasteiger partial charge in [0.2, 0.25) is 5.91 Å². The predicted molar refractivity (Wildman–Crippen MR) is 130 cm³/mol. The van der Waals surface area contributed by atoms with Gasteiger partial charge in [-0.1, -0.05) is 41.6 Å². The Labute approximate surface area is 194 Å². The molecule has 0 radical (unpaired) electrons. The summed E-state index contributed by atoms with van der Waals surface area (Å²) < 4.78 is 8.11. The highest BCUT2D eigenvalue weighted by atomic mass is 32.2. The summed E-state index contributed by atoms with van der Waals surface area (Å²) in [5.74, 6) is 1.66. The minimum atomic E-state index is -0.303. The molecule has 0 bridgehead atoms. The molecule has 2 aromatic carbocycles. The molecular formula is C25H30N4O2S. The molecule has 168 valence electrons. The van der Waals surface area contributed by atoms with Crippen molar-refractivity contribution < 1.29 is 9.53 Å². The monoisotopic (exact) mass is 450 g/mol. The van der Waals surface area contributed by atoms with Crippen LogP contribution in [0.1, 0.15) is 41.1 Å². The average Bonchev–Trinajstić information content (AvgIpc) is 3.11. The van der Waals surface area contributed by atoms with Crippen LogP contribution in [0.4, 0.5) is 5.69 Å². The van der Waals surface area contributed by atoms with Crippen LogP contribution < -0.4 is 10.1 Å². The second-order valence-electron chi connectivity index (χ2n) is 7.98. The average molecular weight is 451 g/mol. The molecule has 0 aliphatic heterocycles. The second kappa shape index (κ2) is 10.5. The molecule has 0 fully saturated rings. The summed E-state index contributed by atoms with van der Waals surface area (Å²) in [5, 5.41) is 12.3. The summed E-state index contributed by atoms with van der Waals surface area (Å²) in [6.45, 7) is 14.4. The molecular weight excluding hydrogens is 420 g/mol. The normalized spacial score (nSPS) is 11.8. The van der Waals surface area contributed by atoms with E-state index < -0.39 is 0 Å². The molecule has 0 aliphatic rings. The van der Waals surface area contributed by atoms with E-state index in [1.165, 1.54) is 17.3 Å².